The zero-order valence-corrected chi connectivity index (χ0v) is 21.3. The van der Waals surface area contributed by atoms with Crippen LogP contribution in [0.2, 0.25) is 0 Å². The second kappa shape index (κ2) is 11.0. The molecule has 1 amide bonds. The van der Waals surface area contributed by atoms with E-state index in [1.165, 1.54) is 0 Å². The molecule has 0 radical (unpaired) electrons. The summed E-state index contributed by atoms with van der Waals surface area (Å²) in [6.07, 6.45) is 2.96. The highest BCUT2D eigenvalue weighted by Crippen LogP contribution is 2.39. The summed E-state index contributed by atoms with van der Waals surface area (Å²) < 4.78 is 26.3. The number of rotatable bonds is 6. The molecule has 2 fully saturated rings. The molecule has 3 aliphatic rings. The molecule has 3 heterocycles. The minimum Gasteiger partial charge on any atom is -0.478 e. The molecule has 0 spiro atoms. The van der Waals surface area contributed by atoms with Gasteiger partial charge in [0.05, 0.1) is 11.8 Å². The number of nitrogens with one attached hydrogen (secondary N) is 1. The Morgan fingerprint density at radius 3 is 2.44 bits per heavy atom. The molecule has 0 aromatic heterocycles. The van der Waals surface area contributed by atoms with Crippen molar-refractivity contribution in [2.24, 2.45) is 0 Å². The summed E-state index contributed by atoms with van der Waals surface area (Å²) in [5.41, 5.74) is 3.50. The average Bonchev–Trinajstić information content (AvgIpc) is 2.89. The first-order valence-electron chi connectivity index (χ1n) is 13.2. The van der Waals surface area contributed by atoms with E-state index in [4.69, 9.17) is 9.47 Å². The van der Waals surface area contributed by atoms with Crippen molar-refractivity contribution in [3.05, 3.63) is 47.8 Å². The molecule has 36 heavy (non-hydrogen) atoms. The number of anilines is 3. The van der Waals surface area contributed by atoms with Crippen molar-refractivity contribution in [3.63, 3.8) is 0 Å². The first-order chi connectivity index (χ1) is 17.5. The number of carbonyl (C=O) groups excluding carboxylic acids is 1. The Kier molecular flexibility index (Phi) is 7.62. The third kappa shape index (κ3) is 5.60. The second-order valence-electron chi connectivity index (χ2n) is 10.0. The van der Waals surface area contributed by atoms with Crippen molar-refractivity contribution in [3.8, 4) is 5.75 Å². The highest BCUT2D eigenvalue weighted by molar-refractivity contribution is 5.95. The van der Waals surface area contributed by atoms with Crippen LogP contribution in [0.3, 0.4) is 0 Å². The SMILES string of the molecule is CCOC1CCN(c2ccc(NC(=O)C3CCc4cc(F)cc(N5CCN(C)CC5)c4O3)cc2)CC1. The van der Waals surface area contributed by atoms with E-state index in [9.17, 15) is 9.18 Å². The van der Waals surface area contributed by atoms with Crippen molar-refractivity contribution >= 4 is 23.0 Å². The fourth-order valence-electron chi connectivity index (χ4n) is 5.41. The van der Waals surface area contributed by atoms with E-state index >= 15 is 0 Å². The van der Waals surface area contributed by atoms with Crippen LogP contribution in [0.1, 0.15) is 31.7 Å². The summed E-state index contributed by atoms with van der Waals surface area (Å²) in [5.74, 6) is 0.231. The minimum atomic E-state index is -0.605. The molecule has 0 saturated carbocycles. The van der Waals surface area contributed by atoms with Gasteiger partial charge in [-0.2, -0.15) is 0 Å². The number of hydrogen-bond acceptors (Lipinski definition) is 6. The second-order valence-corrected chi connectivity index (χ2v) is 10.0. The van der Waals surface area contributed by atoms with E-state index in [2.05, 4.69) is 39.2 Å². The van der Waals surface area contributed by atoms with Gasteiger partial charge in [0.2, 0.25) is 0 Å². The Balaban J connectivity index is 1.21. The number of piperazine rings is 1. The summed E-state index contributed by atoms with van der Waals surface area (Å²) in [5, 5.41) is 3.02. The van der Waals surface area contributed by atoms with Gasteiger partial charge in [-0.1, -0.05) is 0 Å². The number of benzene rings is 2. The topological polar surface area (TPSA) is 57.3 Å². The zero-order chi connectivity index (χ0) is 25.1. The van der Waals surface area contributed by atoms with Crippen LogP contribution in [0.4, 0.5) is 21.5 Å². The molecule has 5 rings (SSSR count). The number of amides is 1. The fraction of sp³-hybridized carbons (Fsp3) is 0.536. The molecule has 7 nitrogen and oxygen atoms in total. The minimum absolute atomic E-state index is 0.167. The number of ether oxygens (including phenoxy) is 2. The Hall–Kier alpha value is -2.84. The highest BCUT2D eigenvalue weighted by Gasteiger charge is 2.31. The van der Waals surface area contributed by atoms with Crippen LogP contribution in [-0.2, 0) is 16.0 Å². The van der Waals surface area contributed by atoms with Gasteiger partial charge in [-0.05, 0) is 75.5 Å². The maximum atomic E-state index is 14.4. The first-order valence-corrected chi connectivity index (χ1v) is 13.2. The van der Waals surface area contributed by atoms with Gasteiger partial charge in [-0.25, -0.2) is 4.39 Å². The lowest BCUT2D eigenvalue weighted by molar-refractivity contribution is -0.123. The molecular weight excluding hydrogens is 459 g/mol. The molecule has 1 N–H and O–H groups in total. The van der Waals surface area contributed by atoms with Crippen LogP contribution < -0.4 is 19.9 Å². The van der Waals surface area contributed by atoms with E-state index in [0.29, 0.717) is 24.7 Å². The monoisotopic (exact) mass is 496 g/mol. The van der Waals surface area contributed by atoms with E-state index < -0.39 is 6.10 Å². The molecule has 2 aromatic rings. The predicted molar refractivity (Wildman–Crippen MR) is 141 cm³/mol. The van der Waals surface area contributed by atoms with Crippen LogP contribution >= 0.6 is 0 Å². The normalized spacial score (nSPS) is 21.1. The van der Waals surface area contributed by atoms with Gasteiger partial charge in [0, 0.05) is 63.3 Å². The summed E-state index contributed by atoms with van der Waals surface area (Å²) in [6, 6.07) is 11.1. The van der Waals surface area contributed by atoms with Gasteiger partial charge in [0.15, 0.2) is 6.10 Å². The summed E-state index contributed by atoms with van der Waals surface area (Å²) in [6.45, 7) is 8.20. The van der Waals surface area contributed by atoms with E-state index in [1.54, 1.807) is 12.1 Å². The molecule has 8 heteroatoms. The molecule has 0 aliphatic carbocycles. The van der Waals surface area contributed by atoms with Gasteiger partial charge in [0.1, 0.15) is 11.6 Å². The van der Waals surface area contributed by atoms with E-state index in [-0.39, 0.29) is 11.7 Å². The third-order valence-electron chi connectivity index (χ3n) is 7.53. The first kappa shape index (κ1) is 24.8. The number of hydrogen-bond donors (Lipinski definition) is 1. The Morgan fingerprint density at radius 2 is 1.75 bits per heavy atom. The lowest BCUT2D eigenvalue weighted by atomic mass is 9.99. The van der Waals surface area contributed by atoms with Crippen LogP contribution in [0, 0.1) is 5.82 Å². The number of halogens is 1. The van der Waals surface area contributed by atoms with E-state index in [0.717, 1.165) is 81.3 Å². The Labute approximate surface area is 213 Å². The molecule has 3 aliphatic heterocycles. The number of likely N-dealkylation sites (N-methyl/N-ethyl adjacent to an activating group) is 1. The Morgan fingerprint density at radius 1 is 1.03 bits per heavy atom. The fourth-order valence-corrected chi connectivity index (χ4v) is 5.41. The van der Waals surface area contributed by atoms with Crippen LogP contribution in [0.5, 0.6) is 5.75 Å². The summed E-state index contributed by atoms with van der Waals surface area (Å²) >= 11 is 0. The van der Waals surface area contributed by atoms with Crippen molar-refractivity contribution in [2.75, 3.05) is 68.0 Å². The molecule has 2 saturated heterocycles. The highest BCUT2D eigenvalue weighted by atomic mass is 19.1. The van der Waals surface area contributed by atoms with Crippen LogP contribution in [0.15, 0.2) is 36.4 Å². The molecule has 2 aromatic carbocycles. The quantitative estimate of drug-likeness (QED) is 0.655. The molecule has 194 valence electrons. The maximum Gasteiger partial charge on any atom is 0.265 e. The van der Waals surface area contributed by atoms with Gasteiger partial charge < -0.3 is 29.5 Å². The number of nitrogens with zero attached hydrogens (tertiary/aromatic N) is 3. The zero-order valence-electron chi connectivity index (χ0n) is 21.3. The summed E-state index contributed by atoms with van der Waals surface area (Å²) in [7, 11) is 2.09. The van der Waals surface area contributed by atoms with Crippen LogP contribution in [-0.4, -0.2) is 75.9 Å². The van der Waals surface area contributed by atoms with E-state index in [1.807, 2.05) is 19.1 Å². The molecule has 0 bridgehead atoms. The van der Waals surface area contributed by atoms with Crippen molar-refractivity contribution in [2.45, 2.75) is 44.8 Å². The standard InChI is InChI=1S/C28H37FN4O3/c1-3-35-24-10-12-32(13-11-24)23-7-5-22(6-8-23)30-28(34)26-9-4-20-18-21(29)19-25(27(20)36-26)33-16-14-31(2)15-17-33/h5-8,18-19,24,26H,3-4,9-17H2,1-2H3,(H,30,34). The lowest BCUT2D eigenvalue weighted by Crippen LogP contribution is -2.45. The Bertz CT molecular complexity index is 1050. The lowest BCUT2D eigenvalue weighted by Gasteiger charge is -2.37. The van der Waals surface area contributed by atoms with Crippen molar-refractivity contribution in [1.82, 2.24) is 4.90 Å². The largest absolute Gasteiger partial charge is 0.478 e. The number of fused-ring (bicyclic) bond motifs is 1. The third-order valence-corrected chi connectivity index (χ3v) is 7.53. The van der Waals surface area contributed by atoms with Gasteiger partial charge in [0.25, 0.3) is 5.91 Å². The van der Waals surface area contributed by atoms with Crippen LogP contribution in [0.25, 0.3) is 0 Å². The van der Waals surface area contributed by atoms with Crippen molar-refractivity contribution < 1.29 is 18.7 Å². The average molecular weight is 497 g/mol. The van der Waals surface area contributed by atoms with Gasteiger partial charge >= 0.3 is 0 Å². The number of piperidine rings is 1. The number of carbonyl (C=O) groups is 1. The molecule has 1 atom stereocenters. The summed E-state index contributed by atoms with van der Waals surface area (Å²) in [4.78, 5) is 19.9. The molecule has 1 unspecified atom stereocenters. The predicted octanol–water partition coefficient (Wildman–Crippen LogP) is 3.92. The molecular formula is C28H37FN4O3. The van der Waals surface area contributed by atoms with Gasteiger partial charge in [-0.15, -0.1) is 0 Å². The van der Waals surface area contributed by atoms with Crippen molar-refractivity contribution in [1.29, 1.82) is 0 Å². The number of aryl methyl sites for hydroxylation is 1. The van der Waals surface area contributed by atoms with Gasteiger partial charge in [-0.3, -0.25) is 4.79 Å². The maximum absolute atomic E-state index is 14.4. The smallest absolute Gasteiger partial charge is 0.265 e.